The molecule has 0 bridgehead atoms. The maximum Gasteiger partial charge on any atom is 0.253 e. The summed E-state index contributed by atoms with van der Waals surface area (Å²) in [7, 11) is 0. The summed E-state index contributed by atoms with van der Waals surface area (Å²) in [6.45, 7) is 6.91. The zero-order chi connectivity index (χ0) is 18.4. The predicted octanol–water partition coefficient (Wildman–Crippen LogP) is 2.63. The Morgan fingerprint density at radius 1 is 0.769 bits per heavy atom. The monoisotopic (exact) mass is 357 g/mol. The fraction of sp³-hybridized carbons (Fsp3) is 0.619. The lowest BCUT2D eigenvalue weighted by Crippen LogP contribution is -2.48. The van der Waals surface area contributed by atoms with Crippen molar-refractivity contribution >= 4 is 11.8 Å². The van der Waals surface area contributed by atoms with Crippen LogP contribution in [0.5, 0.6) is 0 Å². The predicted molar refractivity (Wildman–Crippen MR) is 103 cm³/mol. The number of nitrogens with zero attached hydrogens (tertiary/aromatic N) is 3. The molecule has 0 aliphatic carbocycles. The van der Waals surface area contributed by atoms with Crippen LogP contribution in [0.15, 0.2) is 30.3 Å². The van der Waals surface area contributed by atoms with E-state index in [9.17, 15) is 9.59 Å². The highest BCUT2D eigenvalue weighted by atomic mass is 16.2. The second-order valence-electron chi connectivity index (χ2n) is 7.46. The molecule has 2 fully saturated rings. The fourth-order valence-electron chi connectivity index (χ4n) is 4.00. The Balaban J connectivity index is 1.57. The maximum atomic E-state index is 12.9. The van der Waals surface area contributed by atoms with Gasteiger partial charge in [-0.1, -0.05) is 31.0 Å². The van der Waals surface area contributed by atoms with Gasteiger partial charge >= 0.3 is 0 Å². The molecule has 2 aliphatic rings. The average molecular weight is 357 g/mol. The van der Waals surface area contributed by atoms with Crippen molar-refractivity contribution in [2.75, 3.05) is 39.3 Å². The molecule has 0 spiro atoms. The molecule has 3 rings (SSSR count). The molecular formula is C21H31N3O2. The minimum Gasteiger partial charge on any atom is -0.341 e. The van der Waals surface area contributed by atoms with Crippen molar-refractivity contribution in [1.29, 1.82) is 0 Å². The highest BCUT2D eigenvalue weighted by Crippen LogP contribution is 2.15. The lowest BCUT2D eigenvalue weighted by Gasteiger charge is -2.31. The second kappa shape index (κ2) is 9.17. The van der Waals surface area contributed by atoms with Gasteiger partial charge in [-0.05, 0) is 38.3 Å². The highest BCUT2D eigenvalue weighted by Gasteiger charge is 2.29. The zero-order valence-corrected chi connectivity index (χ0v) is 15.9. The normalized spacial score (nSPS) is 21.0. The molecular weight excluding hydrogens is 326 g/mol. The number of hydrogen-bond acceptors (Lipinski definition) is 3. The lowest BCUT2D eigenvalue weighted by molar-refractivity contribution is -0.136. The van der Waals surface area contributed by atoms with Gasteiger partial charge < -0.3 is 9.80 Å². The Morgan fingerprint density at radius 2 is 1.42 bits per heavy atom. The van der Waals surface area contributed by atoms with E-state index >= 15 is 0 Å². The van der Waals surface area contributed by atoms with Crippen molar-refractivity contribution in [3.05, 3.63) is 35.9 Å². The standard InChI is InChI=1S/C21H31N3O2/c1-18(20(25)23-12-7-2-3-8-13-23)22-14-9-15-24(17-16-22)21(26)19-10-5-4-6-11-19/h4-6,10-11,18H,2-3,7-9,12-17H2,1H3/t18-/m1/s1. The van der Waals surface area contributed by atoms with Crippen LogP contribution in [-0.4, -0.2) is 71.8 Å². The summed E-state index contributed by atoms with van der Waals surface area (Å²) < 4.78 is 0. The van der Waals surface area contributed by atoms with Gasteiger partial charge in [-0.15, -0.1) is 0 Å². The third-order valence-corrected chi connectivity index (χ3v) is 5.66. The van der Waals surface area contributed by atoms with Crippen LogP contribution in [-0.2, 0) is 4.79 Å². The minimum atomic E-state index is -0.0973. The molecule has 0 N–H and O–H groups in total. The van der Waals surface area contributed by atoms with Gasteiger partial charge in [-0.25, -0.2) is 0 Å². The van der Waals surface area contributed by atoms with E-state index in [1.165, 1.54) is 12.8 Å². The van der Waals surface area contributed by atoms with Crippen molar-refractivity contribution in [1.82, 2.24) is 14.7 Å². The molecule has 1 atom stereocenters. The van der Waals surface area contributed by atoms with Gasteiger partial charge in [0.15, 0.2) is 0 Å². The number of carbonyl (C=O) groups is 2. The maximum absolute atomic E-state index is 12.9. The van der Waals surface area contributed by atoms with E-state index in [0.29, 0.717) is 6.54 Å². The van der Waals surface area contributed by atoms with Gasteiger partial charge in [-0.3, -0.25) is 14.5 Å². The average Bonchev–Trinajstić information content (AvgIpc) is 3.10. The Bertz CT molecular complexity index is 597. The molecule has 2 aliphatic heterocycles. The molecule has 0 aromatic heterocycles. The molecule has 0 unspecified atom stereocenters. The van der Waals surface area contributed by atoms with E-state index in [0.717, 1.165) is 57.5 Å². The number of rotatable bonds is 3. The third kappa shape index (κ3) is 4.64. The summed E-state index contributed by atoms with van der Waals surface area (Å²) in [5.74, 6) is 0.355. The summed E-state index contributed by atoms with van der Waals surface area (Å²) >= 11 is 0. The Hall–Kier alpha value is -1.88. The molecule has 2 heterocycles. The first-order valence-corrected chi connectivity index (χ1v) is 10.0. The largest absolute Gasteiger partial charge is 0.341 e. The molecule has 26 heavy (non-hydrogen) atoms. The quantitative estimate of drug-likeness (QED) is 0.835. The van der Waals surface area contributed by atoms with Crippen LogP contribution in [0.4, 0.5) is 0 Å². The van der Waals surface area contributed by atoms with Gasteiger partial charge in [0.25, 0.3) is 5.91 Å². The van der Waals surface area contributed by atoms with E-state index in [1.54, 1.807) is 0 Å². The van der Waals surface area contributed by atoms with Gasteiger partial charge in [0.05, 0.1) is 6.04 Å². The van der Waals surface area contributed by atoms with E-state index in [4.69, 9.17) is 0 Å². The van der Waals surface area contributed by atoms with Crippen LogP contribution in [0, 0.1) is 0 Å². The SMILES string of the molecule is C[C@H](C(=O)N1CCCCCC1)N1CCCN(C(=O)c2ccccc2)CC1. The summed E-state index contributed by atoms with van der Waals surface area (Å²) in [6, 6.07) is 9.38. The van der Waals surface area contributed by atoms with E-state index in [1.807, 2.05) is 42.2 Å². The van der Waals surface area contributed by atoms with E-state index in [2.05, 4.69) is 9.80 Å². The first kappa shape index (κ1) is 18.9. The molecule has 1 aromatic rings. The van der Waals surface area contributed by atoms with Crippen LogP contribution < -0.4 is 0 Å². The number of carbonyl (C=O) groups excluding carboxylic acids is 2. The molecule has 2 saturated heterocycles. The fourth-order valence-corrected chi connectivity index (χ4v) is 4.00. The molecule has 142 valence electrons. The number of amides is 2. The highest BCUT2D eigenvalue weighted by molar-refractivity contribution is 5.94. The summed E-state index contributed by atoms with van der Waals surface area (Å²) in [5, 5.41) is 0. The molecule has 2 amide bonds. The third-order valence-electron chi connectivity index (χ3n) is 5.66. The molecule has 1 aromatic carbocycles. The Labute approximate surface area is 156 Å². The second-order valence-corrected chi connectivity index (χ2v) is 7.46. The molecule has 5 heteroatoms. The van der Waals surface area contributed by atoms with Crippen LogP contribution in [0.1, 0.15) is 49.4 Å². The molecule has 5 nitrogen and oxygen atoms in total. The van der Waals surface area contributed by atoms with Crippen molar-refractivity contribution in [3.63, 3.8) is 0 Å². The molecule has 0 radical (unpaired) electrons. The van der Waals surface area contributed by atoms with Crippen LogP contribution in [0.25, 0.3) is 0 Å². The topological polar surface area (TPSA) is 43.9 Å². The number of benzene rings is 1. The van der Waals surface area contributed by atoms with Gasteiger partial charge in [0.1, 0.15) is 0 Å². The lowest BCUT2D eigenvalue weighted by atomic mass is 10.2. The zero-order valence-electron chi connectivity index (χ0n) is 15.9. The van der Waals surface area contributed by atoms with Crippen molar-refractivity contribution in [3.8, 4) is 0 Å². The summed E-state index contributed by atoms with van der Waals surface area (Å²) in [6.07, 6.45) is 5.63. The summed E-state index contributed by atoms with van der Waals surface area (Å²) in [5.41, 5.74) is 0.745. The Kier molecular flexibility index (Phi) is 6.67. The van der Waals surface area contributed by atoms with E-state index < -0.39 is 0 Å². The van der Waals surface area contributed by atoms with Crippen molar-refractivity contribution < 1.29 is 9.59 Å². The first-order valence-electron chi connectivity index (χ1n) is 10.0. The van der Waals surface area contributed by atoms with Gasteiger partial charge in [0, 0.05) is 44.8 Å². The van der Waals surface area contributed by atoms with Gasteiger partial charge in [0.2, 0.25) is 5.91 Å². The number of hydrogen-bond donors (Lipinski definition) is 0. The Morgan fingerprint density at radius 3 is 2.12 bits per heavy atom. The van der Waals surface area contributed by atoms with Crippen LogP contribution in [0.3, 0.4) is 0 Å². The summed E-state index contributed by atoms with van der Waals surface area (Å²) in [4.78, 5) is 31.8. The van der Waals surface area contributed by atoms with Crippen LogP contribution in [0.2, 0.25) is 0 Å². The molecule has 0 saturated carbocycles. The number of likely N-dealkylation sites (tertiary alicyclic amines) is 1. The van der Waals surface area contributed by atoms with Crippen molar-refractivity contribution in [2.24, 2.45) is 0 Å². The van der Waals surface area contributed by atoms with Gasteiger partial charge in [-0.2, -0.15) is 0 Å². The van der Waals surface area contributed by atoms with Crippen LogP contribution >= 0.6 is 0 Å². The first-order chi connectivity index (χ1) is 12.7. The smallest absolute Gasteiger partial charge is 0.253 e. The van der Waals surface area contributed by atoms with E-state index in [-0.39, 0.29) is 17.9 Å². The minimum absolute atomic E-state index is 0.0962. The van der Waals surface area contributed by atoms with Crippen molar-refractivity contribution in [2.45, 2.75) is 45.1 Å².